The minimum absolute atomic E-state index is 0. The summed E-state index contributed by atoms with van der Waals surface area (Å²) < 4.78 is 588. The summed E-state index contributed by atoms with van der Waals surface area (Å²) in [5.74, 6) is -143. The fraction of sp³-hybridized carbons (Fsp3) is 0.333. The van der Waals surface area contributed by atoms with Gasteiger partial charge in [-0.15, -0.1) is 60.7 Å². The molecule has 120 heavy (non-hydrogen) atoms. The second-order valence-electron chi connectivity index (χ2n) is 25.2. The number of rotatable bonds is 26. The van der Waals surface area contributed by atoms with Gasteiger partial charge < -0.3 is 32.9 Å². The molecule has 48 heteroatoms. The molecular formula is C72H60B2Br2F40N3Na. The molecule has 0 saturated carbocycles. The van der Waals surface area contributed by atoms with E-state index in [0.29, 0.717) is 0 Å². The average molecular weight is 1930 g/mol. The van der Waals surface area contributed by atoms with Crippen LogP contribution in [0, 0.1) is 233 Å². The van der Waals surface area contributed by atoms with Crippen molar-refractivity contribution in [3.63, 3.8) is 0 Å². The van der Waals surface area contributed by atoms with Crippen LogP contribution in [-0.2, 0) is 0 Å². The first-order chi connectivity index (χ1) is 54.6. The molecule has 8 aromatic rings. The maximum Gasteiger partial charge on any atom is 1.00 e. The molecule has 0 aromatic heterocycles. The molecule has 0 unspecified atom stereocenters. The summed E-state index contributed by atoms with van der Waals surface area (Å²) in [7, 11) is 0. The van der Waals surface area contributed by atoms with Gasteiger partial charge >= 0.3 is 29.6 Å². The van der Waals surface area contributed by atoms with Gasteiger partial charge in [0.2, 0.25) is 0 Å². The fourth-order valence-electron chi connectivity index (χ4n) is 12.2. The van der Waals surface area contributed by atoms with E-state index in [1.165, 1.54) is 116 Å². The minimum Gasteiger partial charge on any atom is -1.00 e. The zero-order valence-corrected chi connectivity index (χ0v) is 67.7. The van der Waals surface area contributed by atoms with Crippen molar-refractivity contribution in [2.24, 2.45) is 0 Å². The van der Waals surface area contributed by atoms with Gasteiger partial charge in [-0.3, -0.25) is 0 Å². The molecule has 0 bridgehead atoms. The minimum atomic E-state index is -7.22. The molecule has 0 spiro atoms. The van der Waals surface area contributed by atoms with Gasteiger partial charge in [-0.1, -0.05) is 80.1 Å². The molecule has 0 atom stereocenters. The van der Waals surface area contributed by atoms with E-state index in [1.54, 1.807) is 0 Å². The molecule has 0 fully saturated rings. The van der Waals surface area contributed by atoms with E-state index in [4.69, 9.17) is 0 Å². The Morgan fingerprint density at radius 1 is 0.175 bits per heavy atom. The van der Waals surface area contributed by atoms with Crippen molar-refractivity contribution in [3.05, 3.63) is 233 Å². The van der Waals surface area contributed by atoms with Crippen molar-refractivity contribution in [1.29, 1.82) is 0 Å². The number of unbranched alkanes of at least 4 members (excludes halogenated alkanes) is 6. The topological polar surface area (TPSA) is 45.2 Å². The van der Waals surface area contributed by atoms with Gasteiger partial charge in [-0.25, -0.2) is 176 Å². The molecule has 0 radical (unpaired) electrons. The van der Waals surface area contributed by atoms with Crippen LogP contribution in [0.3, 0.4) is 0 Å². The van der Waals surface area contributed by atoms with Gasteiger partial charge in [-0.2, -0.15) is 0 Å². The van der Waals surface area contributed by atoms with E-state index >= 15 is 70.2 Å². The molecule has 8 rings (SSSR count). The number of quaternary nitrogens is 2. The maximum atomic E-state index is 15.4. The quantitative estimate of drug-likeness (QED) is 0.0163. The smallest absolute Gasteiger partial charge is 1.00 e. The molecule has 0 saturated heterocycles. The van der Waals surface area contributed by atoms with Gasteiger partial charge in [0.1, 0.15) is 105 Å². The van der Waals surface area contributed by atoms with Crippen molar-refractivity contribution in [2.45, 2.75) is 119 Å². The number of nitrogens with two attached hydrogens (primary N) is 2. The largest absolute Gasteiger partial charge is 1.00 e. The van der Waals surface area contributed by atoms with Crippen LogP contribution in [0.5, 0.6) is 0 Å². The molecule has 0 heterocycles. The Kier molecular flexibility index (Phi) is 44.1. The Morgan fingerprint density at radius 3 is 0.358 bits per heavy atom. The van der Waals surface area contributed by atoms with Crippen LogP contribution in [0.2, 0.25) is 0 Å². The standard InChI is InChI=1S/2C24BF20.3C8H19N.2BrH.Na/c2*26-5-1(6(27)14(35)21(42)13(5)34)25(2-7(28)15(36)22(43)16(37)8(2)29,3-9(30)17(38)23(44)18(39)10(3)31)4-11(32)19(40)24(45)20(41)12(4)33;3*1-3-5-7-9-8-6-4-2;;;/h;;3*9H,3-8H2,1-2H3;2*1H;/q2*-1;;;;;;+1/p+1. The Labute approximate surface area is 698 Å². The zero-order chi connectivity index (χ0) is 89.6. The summed E-state index contributed by atoms with van der Waals surface area (Å²) in [6, 6.07) is 0. The molecular weight excluding hydrogens is 1870 g/mol. The molecule has 5 N–H and O–H groups in total. The number of benzene rings is 8. The molecule has 0 aliphatic rings. The molecule has 664 valence electrons. The second-order valence-corrected chi connectivity index (χ2v) is 25.2. The van der Waals surface area contributed by atoms with E-state index in [9.17, 15) is 105 Å². The van der Waals surface area contributed by atoms with Crippen LogP contribution in [-0.4, -0.2) is 51.6 Å². The summed E-state index contributed by atoms with van der Waals surface area (Å²) in [4.78, 5) is 0. The van der Waals surface area contributed by atoms with E-state index in [-0.39, 0.29) is 63.5 Å². The predicted molar refractivity (Wildman–Crippen MR) is 354 cm³/mol. The molecule has 0 aliphatic heterocycles. The first-order valence-corrected chi connectivity index (χ1v) is 34.5. The third-order valence-corrected chi connectivity index (χ3v) is 17.9. The van der Waals surface area contributed by atoms with Crippen molar-refractivity contribution in [2.75, 3.05) is 39.3 Å². The van der Waals surface area contributed by atoms with E-state index in [0.717, 1.165) is 0 Å². The van der Waals surface area contributed by atoms with Gasteiger partial charge in [0.25, 0.3) is 0 Å². The predicted octanol–water partition coefficient (Wildman–Crippen LogP) is 10.8. The molecule has 3 nitrogen and oxygen atoms in total. The second kappa shape index (κ2) is 47.7. The van der Waals surface area contributed by atoms with Crippen LogP contribution in [0.4, 0.5) is 176 Å². The van der Waals surface area contributed by atoms with Crippen LogP contribution >= 0.6 is 17.0 Å². The fourth-order valence-corrected chi connectivity index (χ4v) is 12.2. The van der Waals surface area contributed by atoms with Gasteiger partial charge in [0.05, 0.1) is 26.2 Å². The normalized spacial score (nSPS) is 11.2. The number of halogens is 42. The molecule has 0 amide bonds. The van der Waals surface area contributed by atoms with Gasteiger partial charge in [0, 0.05) is 0 Å². The summed E-state index contributed by atoms with van der Waals surface area (Å²) in [5, 5.41) is 8.23. The van der Waals surface area contributed by atoms with Crippen LogP contribution < -0.4 is 106 Å². The van der Waals surface area contributed by atoms with Gasteiger partial charge in [0.15, 0.2) is 140 Å². The Hall–Kier alpha value is -7.07. The average Bonchev–Trinajstić information content (AvgIpc) is 0.686. The molecule has 0 aliphatic carbocycles. The van der Waals surface area contributed by atoms with Crippen LogP contribution in [0.1, 0.15) is 119 Å². The third kappa shape index (κ3) is 21.3. The van der Waals surface area contributed by atoms with Crippen LogP contribution in [0.25, 0.3) is 0 Å². The third-order valence-electron chi connectivity index (χ3n) is 17.9. The van der Waals surface area contributed by atoms with Crippen molar-refractivity contribution >= 4 is 73.0 Å². The number of nitrogens with one attached hydrogen (secondary N) is 1. The first kappa shape index (κ1) is 111. The molecule has 8 aromatic carbocycles. The Bertz CT molecular complexity index is 3830. The van der Waals surface area contributed by atoms with Crippen molar-refractivity contribution in [3.8, 4) is 0 Å². The van der Waals surface area contributed by atoms with E-state index in [2.05, 4.69) is 57.5 Å². The van der Waals surface area contributed by atoms with E-state index in [1.807, 2.05) is 0 Å². The monoisotopic (exact) mass is 1930 g/mol. The first-order valence-electron chi connectivity index (χ1n) is 34.5. The summed E-state index contributed by atoms with van der Waals surface area (Å²) in [6.07, 6.45) is 1.68. The Balaban J connectivity index is 0.000000898. The van der Waals surface area contributed by atoms with Crippen LogP contribution in [0.15, 0.2) is 0 Å². The van der Waals surface area contributed by atoms with Crippen molar-refractivity contribution < 1.29 is 233 Å². The van der Waals surface area contributed by atoms with Crippen molar-refractivity contribution in [1.82, 2.24) is 5.32 Å². The summed E-state index contributed by atoms with van der Waals surface area (Å²) in [6.45, 7) is 21.2. The van der Waals surface area contributed by atoms with Gasteiger partial charge in [-0.05, 0) is 51.6 Å². The SMILES string of the molecule is Br.CCCCNCCCC.CCCC[NH2+]CCCC.CCCC[NH2+]CCCC.Fc1c(F)c(F)c([B-](c2c(F)c(F)c(F)c(F)c2F)(c2c(F)c(F)c(F)c(F)c2F)c2c(F)c(F)c(F)c(F)c2F)c(F)c1F.Fc1c(F)c(F)c([B-](c2c(F)c(F)c(F)c(F)c2F)(c2c(F)c(F)c(F)c(F)c2F)c2c(F)c(F)c(F)c(F)c2F)c(F)c1F.[Br-].[Na+]. The zero-order valence-electron chi connectivity index (χ0n) is 62.4. The number of hydrogen-bond donors (Lipinski definition) is 3. The Morgan fingerprint density at radius 2 is 0.267 bits per heavy atom. The summed E-state index contributed by atoms with van der Waals surface area (Å²) >= 11 is 0. The maximum absolute atomic E-state index is 15.4. The number of hydrogen-bond acceptors (Lipinski definition) is 1. The summed E-state index contributed by atoms with van der Waals surface area (Å²) in [5.41, 5.74) is -28.7. The van der Waals surface area contributed by atoms with E-state index < -0.39 is 289 Å².